The number of hydrogen-bond acceptors (Lipinski definition) is 4. The summed E-state index contributed by atoms with van der Waals surface area (Å²) < 4.78 is 5.82. The van der Waals surface area contributed by atoms with E-state index in [1.54, 1.807) is 26.1 Å². The second kappa shape index (κ2) is 5.96. The van der Waals surface area contributed by atoms with Crippen LogP contribution in [-0.4, -0.2) is 28.4 Å². The summed E-state index contributed by atoms with van der Waals surface area (Å²) in [5.74, 6) is 1.40. The molecule has 4 saturated carbocycles. The van der Waals surface area contributed by atoms with Gasteiger partial charge in [-0.1, -0.05) is 6.07 Å². The number of amides is 2. The standard InChI is InChI=1S/C20H27N3O3/c1-19(2,26-15-5-3-4-6-22-15)18(25)23-16-13-7-12-8-14(16)11-20(9-12,10-13)17(21)24/h3-6,12-14,16H,7-11H2,1-2H3,(H2,21,24)(H,23,25). The van der Waals surface area contributed by atoms with Crippen LogP contribution in [0.3, 0.4) is 0 Å². The lowest BCUT2D eigenvalue weighted by atomic mass is 9.47. The lowest BCUT2D eigenvalue weighted by Gasteiger charge is -2.59. The molecule has 1 aromatic heterocycles. The number of hydrogen-bond donors (Lipinski definition) is 2. The van der Waals surface area contributed by atoms with Crippen LogP contribution >= 0.6 is 0 Å². The molecule has 6 nitrogen and oxygen atoms in total. The zero-order chi connectivity index (χ0) is 18.5. The summed E-state index contributed by atoms with van der Waals surface area (Å²) in [4.78, 5) is 29.1. The molecule has 4 aliphatic carbocycles. The van der Waals surface area contributed by atoms with E-state index < -0.39 is 5.60 Å². The molecule has 0 saturated heterocycles. The molecule has 2 amide bonds. The largest absolute Gasteiger partial charge is 0.462 e. The first-order chi connectivity index (χ1) is 12.3. The SMILES string of the molecule is CC(C)(Oc1ccccn1)C(=O)NC1C2CC3CC1CC(C(N)=O)(C3)C2. The van der Waals surface area contributed by atoms with Gasteiger partial charge in [0.1, 0.15) is 0 Å². The van der Waals surface area contributed by atoms with Gasteiger partial charge in [0.15, 0.2) is 5.60 Å². The minimum Gasteiger partial charge on any atom is -0.462 e. The van der Waals surface area contributed by atoms with E-state index in [0.29, 0.717) is 23.6 Å². The van der Waals surface area contributed by atoms with Gasteiger partial charge in [-0.3, -0.25) is 9.59 Å². The Hall–Kier alpha value is -2.11. The van der Waals surface area contributed by atoms with E-state index >= 15 is 0 Å². The van der Waals surface area contributed by atoms with Crippen LogP contribution < -0.4 is 15.8 Å². The molecule has 140 valence electrons. The summed E-state index contributed by atoms with van der Waals surface area (Å²) in [6.45, 7) is 3.52. The van der Waals surface area contributed by atoms with Crippen LogP contribution in [0.15, 0.2) is 24.4 Å². The molecule has 0 aliphatic heterocycles. The van der Waals surface area contributed by atoms with Crippen LogP contribution in [0.4, 0.5) is 0 Å². The highest BCUT2D eigenvalue weighted by atomic mass is 16.5. The van der Waals surface area contributed by atoms with Gasteiger partial charge < -0.3 is 15.8 Å². The fourth-order valence-corrected chi connectivity index (χ4v) is 5.60. The Kier molecular flexibility index (Phi) is 3.97. The molecular weight excluding hydrogens is 330 g/mol. The van der Waals surface area contributed by atoms with Crippen molar-refractivity contribution in [3.8, 4) is 5.88 Å². The quantitative estimate of drug-likeness (QED) is 0.843. The van der Waals surface area contributed by atoms with Crippen LogP contribution in [-0.2, 0) is 9.59 Å². The number of ether oxygens (including phenoxy) is 1. The second-order valence-electron chi connectivity index (χ2n) is 8.89. The fourth-order valence-electron chi connectivity index (χ4n) is 5.60. The molecule has 6 heteroatoms. The van der Waals surface area contributed by atoms with Crippen molar-refractivity contribution < 1.29 is 14.3 Å². The molecule has 26 heavy (non-hydrogen) atoms. The van der Waals surface area contributed by atoms with Crippen molar-refractivity contribution in [3.05, 3.63) is 24.4 Å². The molecule has 3 N–H and O–H groups in total. The molecular formula is C20H27N3O3. The number of rotatable bonds is 5. The zero-order valence-electron chi connectivity index (χ0n) is 15.4. The molecule has 1 heterocycles. The topological polar surface area (TPSA) is 94.3 Å². The van der Waals surface area contributed by atoms with E-state index in [-0.39, 0.29) is 23.3 Å². The molecule has 0 aromatic carbocycles. The Labute approximate surface area is 153 Å². The van der Waals surface area contributed by atoms with E-state index in [9.17, 15) is 9.59 Å². The smallest absolute Gasteiger partial charge is 0.263 e. The van der Waals surface area contributed by atoms with Crippen molar-refractivity contribution in [1.82, 2.24) is 10.3 Å². The first-order valence-electron chi connectivity index (χ1n) is 9.50. The van der Waals surface area contributed by atoms with Gasteiger partial charge in [-0.25, -0.2) is 4.98 Å². The predicted molar refractivity (Wildman–Crippen MR) is 96.1 cm³/mol. The van der Waals surface area contributed by atoms with E-state index in [0.717, 1.165) is 32.1 Å². The maximum absolute atomic E-state index is 12.9. The summed E-state index contributed by atoms with van der Waals surface area (Å²) >= 11 is 0. The Bertz CT molecular complexity index is 702. The fraction of sp³-hybridized carbons (Fsp3) is 0.650. The van der Waals surface area contributed by atoms with Crippen molar-refractivity contribution in [3.63, 3.8) is 0 Å². The molecule has 4 bridgehead atoms. The van der Waals surface area contributed by atoms with Crippen LogP contribution in [0.2, 0.25) is 0 Å². The summed E-state index contributed by atoms with van der Waals surface area (Å²) in [7, 11) is 0. The Balaban J connectivity index is 1.46. The van der Waals surface area contributed by atoms with Crippen LogP contribution in [0, 0.1) is 23.2 Å². The summed E-state index contributed by atoms with van der Waals surface area (Å²) in [5.41, 5.74) is 4.40. The van der Waals surface area contributed by atoms with Gasteiger partial charge in [0.25, 0.3) is 5.91 Å². The number of nitrogens with one attached hydrogen (secondary N) is 1. The van der Waals surface area contributed by atoms with E-state index in [2.05, 4.69) is 10.3 Å². The van der Waals surface area contributed by atoms with E-state index in [1.807, 2.05) is 12.1 Å². The number of aromatic nitrogens is 1. The molecule has 2 unspecified atom stereocenters. The third kappa shape index (κ3) is 2.85. The van der Waals surface area contributed by atoms with Gasteiger partial charge in [-0.2, -0.15) is 0 Å². The lowest BCUT2D eigenvalue weighted by molar-refractivity contribution is -0.150. The molecule has 2 atom stereocenters. The first kappa shape index (κ1) is 17.3. The van der Waals surface area contributed by atoms with Crippen molar-refractivity contribution in [1.29, 1.82) is 0 Å². The highest BCUT2D eigenvalue weighted by Crippen LogP contribution is 2.59. The summed E-state index contributed by atoms with van der Waals surface area (Å²) in [5, 5.41) is 3.23. The number of carbonyl (C=O) groups is 2. The number of primary amides is 1. The maximum atomic E-state index is 12.9. The highest BCUT2D eigenvalue weighted by Gasteiger charge is 2.58. The minimum atomic E-state index is -1.01. The number of nitrogens with zero attached hydrogens (tertiary/aromatic N) is 1. The summed E-state index contributed by atoms with van der Waals surface area (Å²) in [6, 6.07) is 5.49. The van der Waals surface area contributed by atoms with Gasteiger partial charge in [0.2, 0.25) is 11.8 Å². The molecule has 0 radical (unpaired) electrons. The number of carbonyl (C=O) groups excluding carboxylic acids is 2. The van der Waals surface area contributed by atoms with Gasteiger partial charge in [-0.15, -0.1) is 0 Å². The van der Waals surface area contributed by atoms with Crippen LogP contribution in [0.5, 0.6) is 5.88 Å². The normalized spacial score (nSPS) is 35.2. The first-order valence-corrected chi connectivity index (χ1v) is 9.50. The van der Waals surface area contributed by atoms with Crippen molar-refractivity contribution >= 4 is 11.8 Å². The van der Waals surface area contributed by atoms with Gasteiger partial charge >= 0.3 is 0 Å². The molecule has 5 rings (SSSR count). The van der Waals surface area contributed by atoms with E-state index in [1.165, 1.54) is 0 Å². The Morgan fingerprint density at radius 2 is 1.92 bits per heavy atom. The third-order valence-electron chi connectivity index (χ3n) is 6.64. The average Bonchev–Trinajstić information content (AvgIpc) is 2.57. The van der Waals surface area contributed by atoms with Gasteiger partial charge in [-0.05, 0) is 69.8 Å². The highest BCUT2D eigenvalue weighted by molar-refractivity contribution is 5.85. The monoisotopic (exact) mass is 357 g/mol. The maximum Gasteiger partial charge on any atom is 0.263 e. The lowest BCUT2D eigenvalue weighted by Crippen LogP contribution is -2.64. The summed E-state index contributed by atoms with van der Waals surface area (Å²) in [6.07, 6.45) is 6.36. The number of pyridine rings is 1. The molecule has 4 aliphatic rings. The third-order valence-corrected chi connectivity index (χ3v) is 6.64. The number of nitrogens with two attached hydrogens (primary N) is 1. The average molecular weight is 357 g/mol. The molecule has 0 spiro atoms. The van der Waals surface area contributed by atoms with Crippen molar-refractivity contribution in [2.45, 2.75) is 57.6 Å². The van der Waals surface area contributed by atoms with Crippen LogP contribution in [0.1, 0.15) is 46.0 Å². The van der Waals surface area contributed by atoms with Crippen molar-refractivity contribution in [2.24, 2.45) is 28.9 Å². The van der Waals surface area contributed by atoms with Crippen LogP contribution in [0.25, 0.3) is 0 Å². The van der Waals surface area contributed by atoms with Crippen molar-refractivity contribution in [2.75, 3.05) is 0 Å². The molecule has 1 aromatic rings. The minimum absolute atomic E-state index is 0.109. The Morgan fingerprint density at radius 3 is 2.50 bits per heavy atom. The molecule has 4 fully saturated rings. The second-order valence-corrected chi connectivity index (χ2v) is 8.89. The van der Waals surface area contributed by atoms with Gasteiger partial charge in [0.05, 0.1) is 0 Å². The Morgan fingerprint density at radius 1 is 1.23 bits per heavy atom. The zero-order valence-corrected chi connectivity index (χ0v) is 15.4. The van der Waals surface area contributed by atoms with Gasteiger partial charge in [0, 0.05) is 23.7 Å². The van der Waals surface area contributed by atoms with E-state index in [4.69, 9.17) is 10.5 Å². The predicted octanol–water partition coefficient (Wildman–Crippen LogP) is 2.04.